The number of thiazole rings is 1. The number of β-amino-alcohol motifs (C(OH)–C–C–N with tert-alkyl or cyclic N) is 1. The van der Waals surface area contributed by atoms with Crippen LogP contribution in [0.15, 0.2) is 115 Å². The van der Waals surface area contributed by atoms with Crippen LogP contribution in [0.1, 0.15) is 68.0 Å². The highest BCUT2D eigenvalue weighted by Crippen LogP contribution is 2.35. The van der Waals surface area contributed by atoms with E-state index in [1.165, 1.54) is 21.6 Å². The van der Waals surface area contributed by atoms with Crippen LogP contribution in [0, 0.1) is 24.7 Å². The number of nitrogens with one attached hydrogen (secondary N) is 2. The molecule has 0 radical (unpaired) electrons. The van der Waals surface area contributed by atoms with E-state index in [1.54, 1.807) is 37.1 Å². The molecule has 5 aromatic rings. The number of nitrogens with zero attached hydrogens (tertiary/aromatic N) is 3. The molecule has 362 valence electrons. The maximum atomic E-state index is 13.7. The van der Waals surface area contributed by atoms with Gasteiger partial charge in [-0.3, -0.25) is 19.2 Å². The van der Waals surface area contributed by atoms with Crippen LogP contribution >= 0.6 is 11.3 Å². The van der Waals surface area contributed by atoms with Crippen LogP contribution in [-0.4, -0.2) is 115 Å². The number of likely N-dealkylation sites (tertiary alicyclic amines) is 1. The molecule has 2 heterocycles. The lowest BCUT2D eigenvalue weighted by atomic mass is 9.88. The van der Waals surface area contributed by atoms with Gasteiger partial charge in [0, 0.05) is 33.0 Å². The van der Waals surface area contributed by atoms with Gasteiger partial charge in [-0.2, -0.15) is 0 Å². The molecule has 4 aromatic carbocycles. The van der Waals surface area contributed by atoms with Crippen molar-refractivity contribution < 1.29 is 38.5 Å². The molecule has 0 saturated carbocycles. The minimum absolute atomic E-state index is 0.0179. The number of hydrogen-bond acceptors (Lipinski definition) is 10. The first kappa shape index (κ1) is 51.8. The third kappa shape index (κ3) is 14.9. The second kappa shape index (κ2) is 26.2. The van der Waals surface area contributed by atoms with Gasteiger partial charge in [0.2, 0.25) is 23.6 Å². The normalized spacial score (nSPS) is 15.1. The van der Waals surface area contributed by atoms with E-state index in [-0.39, 0.29) is 63.7 Å². The molecule has 14 heteroatoms. The van der Waals surface area contributed by atoms with Crippen LogP contribution in [0.5, 0.6) is 5.75 Å². The molecule has 1 aliphatic rings. The summed E-state index contributed by atoms with van der Waals surface area (Å²) in [7, 11) is 1.71. The predicted molar refractivity (Wildman–Crippen MR) is 270 cm³/mol. The van der Waals surface area contributed by atoms with Crippen LogP contribution in [0.25, 0.3) is 21.6 Å². The van der Waals surface area contributed by atoms with Gasteiger partial charge in [0.15, 0.2) is 0 Å². The Hall–Kier alpha value is -6.63. The molecule has 3 N–H and O–H groups in total. The molecule has 3 atom stereocenters. The van der Waals surface area contributed by atoms with Gasteiger partial charge in [0.1, 0.15) is 44.3 Å². The van der Waals surface area contributed by atoms with E-state index in [2.05, 4.69) is 95.0 Å². The van der Waals surface area contributed by atoms with Gasteiger partial charge in [-0.25, -0.2) is 4.98 Å². The van der Waals surface area contributed by atoms with Gasteiger partial charge in [-0.1, -0.05) is 130 Å². The monoisotopic (exact) mass is 953 g/mol. The maximum absolute atomic E-state index is 13.7. The van der Waals surface area contributed by atoms with Crippen LogP contribution < -0.4 is 15.4 Å². The van der Waals surface area contributed by atoms with Crippen LogP contribution in [0.2, 0.25) is 0 Å². The Morgan fingerprint density at radius 3 is 2.20 bits per heavy atom. The average molecular weight is 954 g/mol. The zero-order valence-corrected chi connectivity index (χ0v) is 40.9. The highest BCUT2D eigenvalue weighted by molar-refractivity contribution is 7.13. The maximum Gasteiger partial charge on any atom is 0.248 e. The van der Waals surface area contributed by atoms with Gasteiger partial charge >= 0.3 is 0 Å². The van der Waals surface area contributed by atoms with Crippen molar-refractivity contribution in [2.45, 2.75) is 71.7 Å². The van der Waals surface area contributed by atoms with Gasteiger partial charge in [-0.15, -0.1) is 11.3 Å². The zero-order valence-electron chi connectivity index (χ0n) is 40.1. The highest BCUT2D eigenvalue weighted by atomic mass is 32.1. The topological polar surface area (TPSA) is 160 Å². The Balaban J connectivity index is 0.859. The number of carbonyl (C=O) groups is 4. The molecule has 0 spiro atoms. The van der Waals surface area contributed by atoms with E-state index in [1.807, 2.05) is 61.0 Å². The molecule has 0 aliphatic carbocycles. The van der Waals surface area contributed by atoms with E-state index in [0.717, 1.165) is 39.2 Å². The van der Waals surface area contributed by atoms with Crippen molar-refractivity contribution in [1.29, 1.82) is 0 Å². The van der Waals surface area contributed by atoms with Crippen molar-refractivity contribution in [3.63, 3.8) is 0 Å². The number of allylic oxidation sites excluding steroid dienone is 1. The molecule has 1 aliphatic heterocycles. The number of aliphatic hydroxyl groups is 1. The molecule has 0 bridgehead atoms. The fourth-order valence-corrected chi connectivity index (χ4v) is 8.84. The average Bonchev–Trinajstić information content (AvgIpc) is 3.99. The number of amides is 4. The Morgan fingerprint density at radius 1 is 0.870 bits per heavy atom. The molecule has 1 saturated heterocycles. The van der Waals surface area contributed by atoms with Gasteiger partial charge in [-0.05, 0) is 70.4 Å². The lowest BCUT2D eigenvalue weighted by Crippen LogP contribution is -2.55. The van der Waals surface area contributed by atoms with Crippen molar-refractivity contribution in [2.24, 2.45) is 5.92 Å². The number of benzene rings is 4. The number of rotatable bonds is 22. The van der Waals surface area contributed by atoms with E-state index >= 15 is 0 Å². The summed E-state index contributed by atoms with van der Waals surface area (Å²) in [6.07, 6.45) is 0.458. The van der Waals surface area contributed by atoms with Crippen LogP contribution in [0.4, 0.5) is 0 Å². The first-order chi connectivity index (χ1) is 33.4. The summed E-state index contributed by atoms with van der Waals surface area (Å²) >= 11 is 1.57. The summed E-state index contributed by atoms with van der Waals surface area (Å²) in [5, 5.41) is 16.1. The Bertz CT molecular complexity index is 2550. The van der Waals surface area contributed by atoms with E-state index in [9.17, 15) is 24.3 Å². The van der Waals surface area contributed by atoms with Crippen molar-refractivity contribution in [1.82, 2.24) is 25.4 Å². The summed E-state index contributed by atoms with van der Waals surface area (Å²) in [6.45, 7) is 8.47. The predicted octanol–water partition coefficient (Wildman–Crippen LogP) is 7.17. The zero-order chi connectivity index (χ0) is 49.1. The fourth-order valence-electron chi connectivity index (χ4n) is 8.03. The standard InChI is InChI=1S/C55H63N5O8S/c1-6-47(41-16-10-7-11-17-41)51(42-18-12-8-13-19-42)43-24-26-46(27-25-43)68-31-28-59(5)50(63)36-67-30-15-9-14-29-66-35-49(62)58-52(38(2)3)55(65)60-34-45(61)32-48(60)54(64)56-33-40-20-22-44(23-21-40)53-39(4)57-37-69-53/h7-8,10-13,16-27,37-38,45,48,52,61H,6,15,28-36H2,1-5H3,(H,56,64)(H,58,62)/b51-47-/t45-,48+,52+/m1/s1. The minimum Gasteiger partial charge on any atom is -0.492 e. The number of aromatic nitrogens is 1. The SMILES string of the molecule is CC/C(=C(\c1ccccc1)c1ccc(OCCN(C)C(=O)COCCC#CCOCC(=O)N[C@H](C(=O)N2C[C@H](O)C[C@H]2C(=O)NCc2ccc(-c3scnc3C)cc2)C(C)C)cc1)c1ccccc1. The number of carbonyl (C=O) groups excluding carboxylic acids is 4. The molecule has 6 rings (SSSR count). The molecule has 1 fully saturated rings. The first-order valence-electron chi connectivity index (χ1n) is 23.4. The number of likely N-dealkylation sites (N-methyl/N-ethyl adjacent to an activating group) is 1. The second-order valence-corrected chi connectivity index (χ2v) is 18.0. The number of ether oxygens (including phenoxy) is 3. The number of hydrogen-bond donors (Lipinski definition) is 3. The molecule has 1 aromatic heterocycles. The molecule has 69 heavy (non-hydrogen) atoms. The molecular weight excluding hydrogens is 891 g/mol. The van der Waals surface area contributed by atoms with Gasteiger partial charge < -0.3 is 39.8 Å². The summed E-state index contributed by atoms with van der Waals surface area (Å²) in [5.41, 5.74) is 10.6. The largest absolute Gasteiger partial charge is 0.492 e. The Labute approximate surface area is 409 Å². The van der Waals surface area contributed by atoms with Crippen molar-refractivity contribution in [2.75, 3.05) is 53.2 Å². The molecular formula is C55H63N5O8S. The quantitative estimate of drug-likeness (QED) is 0.0372. The summed E-state index contributed by atoms with van der Waals surface area (Å²) in [4.78, 5) is 61.0. The lowest BCUT2D eigenvalue weighted by molar-refractivity contribution is -0.143. The smallest absolute Gasteiger partial charge is 0.248 e. The van der Waals surface area contributed by atoms with E-state index in [0.29, 0.717) is 25.3 Å². The highest BCUT2D eigenvalue weighted by Gasteiger charge is 2.42. The Kier molecular flexibility index (Phi) is 19.7. The number of aryl methyl sites for hydroxylation is 1. The Morgan fingerprint density at radius 2 is 1.55 bits per heavy atom. The third-order valence-corrected chi connectivity index (χ3v) is 12.8. The molecule has 0 unspecified atom stereocenters. The second-order valence-electron chi connectivity index (χ2n) is 17.1. The van der Waals surface area contributed by atoms with Gasteiger partial charge in [0.05, 0.1) is 35.3 Å². The molecule has 13 nitrogen and oxygen atoms in total. The summed E-state index contributed by atoms with van der Waals surface area (Å²) < 4.78 is 17.0. The van der Waals surface area contributed by atoms with E-state index < -0.39 is 30.0 Å². The molecule has 4 amide bonds. The van der Waals surface area contributed by atoms with Crippen molar-refractivity contribution in [3.8, 4) is 28.0 Å². The van der Waals surface area contributed by atoms with Crippen molar-refractivity contribution >= 4 is 46.1 Å². The van der Waals surface area contributed by atoms with Gasteiger partial charge in [0.25, 0.3) is 0 Å². The summed E-state index contributed by atoms with van der Waals surface area (Å²) in [5.74, 6) is 4.65. The first-order valence-corrected chi connectivity index (χ1v) is 24.3. The van der Waals surface area contributed by atoms with Crippen molar-refractivity contribution in [3.05, 3.63) is 143 Å². The fraction of sp³-hybridized carbons (Fsp3) is 0.364. The lowest BCUT2D eigenvalue weighted by Gasteiger charge is -2.30. The summed E-state index contributed by atoms with van der Waals surface area (Å²) in [6, 6.07) is 35.0. The third-order valence-electron chi connectivity index (χ3n) is 11.8. The minimum atomic E-state index is -0.934. The van der Waals surface area contributed by atoms with Crippen LogP contribution in [0.3, 0.4) is 0 Å². The number of aliphatic hydroxyl groups excluding tert-OH is 1. The van der Waals surface area contributed by atoms with E-state index in [4.69, 9.17) is 14.2 Å². The van der Waals surface area contributed by atoms with Crippen LogP contribution in [-0.2, 0) is 35.2 Å².